The summed E-state index contributed by atoms with van der Waals surface area (Å²) in [4.78, 5) is 36.8. The number of ether oxygens (including phenoxy) is 4. The molecule has 0 aromatic carbocycles. The summed E-state index contributed by atoms with van der Waals surface area (Å²) in [5.74, 6) is -2.28. The summed E-state index contributed by atoms with van der Waals surface area (Å²) in [5.41, 5.74) is 0. The van der Waals surface area contributed by atoms with Crippen LogP contribution >= 0.6 is 0 Å². The second-order valence-electron chi connectivity index (χ2n) is 17.8. The van der Waals surface area contributed by atoms with Crippen LogP contribution < -0.4 is 5.11 Å². The van der Waals surface area contributed by atoms with E-state index in [0.717, 1.165) is 38.5 Å². The summed E-state index contributed by atoms with van der Waals surface area (Å²) < 4.78 is 22.5. The molecule has 0 heterocycles. The second kappa shape index (κ2) is 42.5. The van der Waals surface area contributed by atoms with Gasteiger partial charge in [-0.05, 0) is 44.9 Å². The normalized spacial score (nSPS) is 13.0. The Balaban J connectivity index is 4.10. The number of allylic oxidation sites excluding steroid dienone is 4. The molecule has 0 aliphatic heterocycles. The van der Waals surface area contributed by atoms with Gasteiger partial charge in [-0.1, -0.05) is 186 Å². The average Bonchev–Trinajstić information content (AvgIpc) is 3.19. The largest absolute Gasteiger partial charge is 0.545 e. The van der Waals surface area contributed by atoms with Crippen LogP contribution in [0, 0.1) is 0 Å². The lowest BCUT2D eigenvalue weighted by atomic mass is 10.0. The van der Waals surface area contributed by atoms with Gasteiger partial charge in [0.2, 0.25) is 0 Å². The van der Waals surface area contributed by atoms with Crippen LogP contribution in [0.25, 0.3) is 0 Å². The summed E-state index contributed by atoms with van der Waals surface area (Å²) in [6, 6.07) is 0. The highest BCUT2D eigenvalue weighted by molar-refractivity contribution is 5.70. The van der Waals surface area contributed by atoms with Crippen molar-refractivity contribution >= 4 is 17.9 Å². The van der Waals surface area contributed by atoms with Crippen LogP contribution in [0.15, 0.2) is 24.3 Å². The first-order valence-corrected chi connectivity index (χ1v) is 24.5. The minimum atomic E-state index is -1.61. The van der Waals surface area contributed by atoms with E-state index >= 15 is 0 Å². The van der Waals surface area contributed by atoms with E-state index in [9.17, 15) is 19.5 Å². The summed E-state index contributed by atoms with van der Waals surface area (Å²) in [5, 5.41) is 11.7. The molecule has 0 saturated carbocycles. The summed E-state index contributed by atoms with van der Waals surface area (Å²) >= 11 is 0. The summed E-state index contributed by atoms with van der Waals surface area (Å²) in [6.45, 7) is 4.69. The Morgan fingerprint density at radius 2 is 0.915 bits per heavy atom. The lowest BCUT2D eigenvalue weighted by molar-refractivity contribution is -0.870. The third-order valence-corrected chi connectivity index (χ3v) is 10.7. The van der Waals surface area contributed by atoms with Gasteiger partial charge in [0.05, 0.1) is 40.3 Å². The number of unbranched alkanes of at least 4 members (excludes halogenated alkanes) is 26. The Bertz CT molecular complexity index is 1020. The third kappa shape index (κ3) is 43.7. The highest BCUT2D eigenvalue weighted by atomic mass is 16.7. The van der Waals surface area contributed by atoms with Gasteiger partial charge in [0.1, 0.15) is 13.2 Å². The maximum Gasteiger partial charge on any atom is 0.306 e. The first-order valence-electron chi connectivity index (χ1n) is 24.5. The molecule has 0 N–H and O–H groups in total. The number of carboxylic acid groups (broad SMARTS) is 1. The lowest BCUT2D eigenvalue weighted by Gasteiger charge is -2.26. The van der Waals surface area contributed by atoms with Crippen molar-refractivity contribution in [3.63, 3.8) is 0 Å². The highest BCUT2D eigenvalue weighted by Gasteiger charge is 2.21. The standard InChI is InChI=1S/C50H93NO8/c1-6-8-10-12-14-15-16-17-18-19-20-21-22-23-24-25-26-27-28-29-30-31-32-33-35-37-39-41-48(53)59-46(44-57-47(52)40-38-36-34-13-11-9-7-2)45-58-50(49(54)55)56-43-42-51(3,4)5/h16-17,19-20,46,50H,6-15,18,21-45H2,1-5H3/b17-16-,20-19-. The molecule has 346 valence electrons. The molecule has 0 saturated heterocycles. The number of rotatable bonds is 45. The van der Waals surface area contributed by atoms with Crippen LogP contribution in [0.5, 0.6) is 0 Å². The number of likely N-dealkylation sites (N-methyl/N-ethyl adjacent to an activating group) is 1. The van der Waals surface area contributed by atoms with Gasteiger partial charge in [0.25, 0.3) is 0 Å². The fourth-order valence-corrected chi connectivity index (χ4v) is 6.86. The predicted molar refractivity (Wildman–Crippen MR) is 242 cm³/mol. The molecular weight excluding hydrogens is 743 g/mol. The monoisotopic (exact) mass is 836 g/mol. The SMILES string of the molecule is CCCCCCC/C=C\C/C=C\CCCCCCCCCCCCCCCCCC(=O)OC(COC(=O)CCCCCCCCC)COC(OCC[N+](C)(C)C)C(=O)[O-]. The van der Waals surface area contributed by atoms with Gasteiger partial charge in [-0.25, -0.2) is 0 Å². The zero-order valence-corrected chi connectivity index (χ0v) is 39.1. The van der Waals surface area contributed by atoms with Crippen molar-refractivity contribution in [1.29, 1.82) is 0 Å². The Morgan fingerprint density at radius 1 is 0.508 bits per heavy atom. The molecule has 2 atom stereocenters. The summed E-state index contributed by atoms with van der Waals surface area (Å²) in [7, 11) is 5.91. The number of carboxylic acids is 1. The molecule has 9 nitrogen and oxygen atoms in total. The molecule has 0 aliphatic carbocycles. The van der Waals surface area contributed by atoms with Crippen LogP contribution in [0.1, 0.15) is 219 Å². The van der Waals surface area contributed by atoms with E-state index in [2.05, 4.69) is 38.2 Å². The minimum absolute atomic E-state index is 0.150. The molecule has 59 heavy (non-hydrogen) atoms. The number of carbonyl (C=O) groups is 3. The molecule has 0 aromatic rings. The van der Waals surface area contributed by atoms with E-state index in [-0.39, 0.29) is 32.2 Å². The van der Waals surface area contributed by atoms with Crippen molar-refractivity contribution in [1.82, 2.24) is 0 Å². The van der Waals surface area contributed by atoms with Crippen LogP contribution in [-0.4, -0.2) is 82.3 Å². The minimum Gasteiger partial charge on any atom is -0.545 e. The topological polar surface area (TPSA) is 111 Å². The van der Waals surface area contributed by atoms with Gasteiger partial charge >= 0.3 is 11.9 Å². The van der Waals surface area contributed by atoms with E-state index in [4.69, 9.17) is 18.9 Å². The zero-order valence-electron chi connectivity index (χ0n) is 39.1. The van der Waals surface area contributed by atoms with Crippen molar-refractivity contribution in [3.8, 4) is 0 Å². The second-order valence-corrected chi connectivity index (χ2v) is 17.8. The smallest absolute Gasteiger partial charge is 0.306 e. The molecule has 2 unspecified atom stereocenters. The Hall–Kier alpha value is -2.23. The van der Waals surface area contributed by atoms with Gasteiger partial charge in [-0.3, -0.25) is 9.59 Å². The number of quaternary nitrogens is 1. The maximum atomic E-state index is 12.7. The van der Waals surface area contributed by atoms with Crippen molar-refractivity contribution in [2.24, 2.45) is 0 Å². The van der Waals surface area contributed by atoms with Crippen molar-refractivity contribution in [3.05, 3.63) is 24.3 Å². The van der Waals surface area contributed by atoms with Crippen LogP contribution in [-0.2, 0) is 33.3 Å². The average molecular weight is 836 g/mol. The fraction of sp³-hybridized carbons (Fsp3) is 0.860. The Labute approximate surface area is 363 Å². The van der Waals surface area contributed by atoms with Crippen molar-refractivity contribution < 1.29 is 42.9 Å². The number of hydrogen-bond acceptors (Lipinski definition) is 8. The molecule has 0 spiro atoms. The third-order valence-electron chi connectivity index (χ3n) is 10.7. The van der Waals surface area contributed by atoms with Gasteiger partial charge in [-0.15, -0.1) is 0 Å². The van der Waals surface area contributed by atoms with E-state index < -0.39 is 24.3 Å². The molecule has 0 bridgehead atoms. The zero-order chi connectivity index (χ0) is 43.5. The fourth-order valence-electron chi connectivity index (χ4n) is 6.86. The lowest BCUT2D eigenvalue weighted by Crippen LogP contribution is -2.44. The van der Waals surface area contributed by atoms with Gasteiger partial charge in [0, 0.05) is 12.8 Å². The molecule has 0 radical (unpaired) electrons. The first kappa shape index (κ1) is 56.8. The highest BCUT2D eigenvalue weighted by Crippen LogP contribution is 2.15. The number of esters is 2. The Kier molecular flexibility index (Phi) is 40.9. The number of carbonyl (C=O) groups excluding carboxylic acids is 3. The molecule has 0 aromatic heterocycles. The molecule has 0 rings (SSSR count). The molecular formula is C50H93NO8. The molecule has 9 heteroatoms. The molecule has 0 fully saturated rings. The first-order chi connectivity index (χ1) is 28.6. The quantitative estimate of drug-likeness (QED) is 0.0196. The predicted octanol–water partition coefficient (Wildman–Crippen LogP) is 11.9. The van der Waals surface area contributed by atoms with Gasteiger partial charge in [-0.2, -0.15) is 0 Å². The van der Waals surface area contributed by atoms with Gasteiger partial charge in [0.15, 0.2) is 12.4 Å². The molecule has 0 amide bonds. The maximum absolute atomic E-state index is 12.7. The van der Waals surface area contributed by atoms with E-state index in [0.29, 0.717) is 23.9 Å². The van der Waals surface area contributed by atoms with Crippen LogP contribution in [0.4, 0.5) is 0 Å². The molecule has 0 aliphatic rings. The number of aliphatic carboxylic acids is 1. The van der Waals surface area contributed by atoms with Gasteiger partial charge < -0.3 is 33.3 Å². The van der Waals surface area contributed by atoms with E-state index in [1.165, 1.54) is 148 Å². The number of hydrogen-bond donors (Lipinski definition) is 0. The van der Waals surface area contributed by atoms with E-state index in [1.54, 1.807) is 0 Å². The van der Waals surface area contributed by atoms with Crippen molar-refractivity contribution in [2.75, 3.05) is 47.5 Å². The van der Waals surface area contributed by atoms with Crippen LogP contribution in [0.3, 0.4) is 0 Å². The summed E-state index contributed by atoms with van der Waals surface area (Å²) in [6.07, 6.45) is 43.9. The van der Waals surface area contributed by atoms with E-state index in [1.807, 2.05) is 21.1 Å². The Morgan fingerprint density at radius 3 is 1.34 bits per heavy atom. The van der Waals surface area contributed by atoms with Crippen LogP contribution in [0.2, 0.25) is 0 Å². The van der Waals surface area contributed by atoms with Crippen molar-refractivity contribution in [2.45, 2.75) is 232 Å². The number of nitrogens with zero attached hydrogens (tertiary/aromatic N) is 1.